The summed E-state index contributed by atoms with van der Waals surface area (Å²) in [7, 11) is 0. The van der Waals surface area contributed by atoms with Crippen LogP contribution < -0.4 is 11.1 Å². The summed E-state index contributed by atoms with van der Waals surface area (Å²) in [4.78, 5) is 17.5. The molecular weight excluding hydrogens is 230 g/mol. The van der Waals surface area contributed by atoms with E-state index in [1.165, 1.54) is 12.3 Å². The van der Waals surface area contributed by atoms with E-state index in [0.29, 0.717) is 24.5 Å². The van der Waals surface area contributed by atoms with Crippen molar-refractivity contribution in [2.75, 3.05) is 30.7 Å². The minimum Gasteiger partial charge on any atom is -0.395 e. The molecule has 1 aromatic heterocycles. The summed E-state index contributed by atoms with van der Waals surface area (Å²) in [6.07, 6.45) is 1.49. The lowest BCUT2D eigenvalue weighted by molar-refractivity contribution is -0.128. The first-order chi connectivity index (χ1) is 8.63. The van der Waals surface area contributed by atoms with Crippen LogP contribution >= 0.6 is 0 Å². The van der Waals surface area contributed by atoms with Crippen molar-refractivity contribution in [1.29, 1.82) is 5.26 Å². The summed E-state index contributed by atoms with van der Waals surface area (Å²) in [5.74, 6) is 0.345. The molecule has 0 aliphatic carbocycles. The quantitative estimate of drug-likeness (QED) is 0.803. The van der Waals surface area contributed by atoms with Gasteiger partial charge in [0.2, 0.25) is 5.91 Å². The first-order valence-corrected chi connectivity index (χ1v) is 5.80. The molecule has 0 unspecified atom stereocenters. The van der Waals surface area contributed by atoms with Crippen molar-refractivity contribution >= 4 is 17.4 Å². The Morgan fingerprint density at radius 1 is 1.56 bits per heavy atom. The Kier molecular flexibility index (Phi) is 4.93. The SMILES string of the molecule is CCN(CC)C(=O)CNc1nccc(C#N)c1N. The van der Waals surface area contributed by atoms with Crippen molar-refractivity contribution < 1.29 is 4.79 Å². The number of nitriles is 1. The number of anilines is 2. The van der Waals surface area contributed by atoms with Crippen LogP contribution in [0.3, 0.4) is 0 Å². The van der Waals surface area contributed by atoms with Crippen molar-refractivity contribution in [3.63, 3.8) is 0 Å². The number of nitrogens with zero attached hydrogens (tertiary/aromatic N) is 3. The maximum absolute atomic E-state index is 11.8. The standard InChI is InChI=1S/C12H17N5O/c1-3-17(4-2)10(18)8-16-12-11(14)9(7-13)5-6-15-12/h5-6H,3-4,8,14H2,1-2H3,(H,15,16). The van der Waals surface area contributed by atoms with Gasteiger partial charge in [0.1, 0.15) is 6.07 Å². The van der Waals surface area contributed by atoms with E-state index in [1.807, 2.05) is 19.9 Å². The number of hydrogen-bond donors (Lipinski definition) is 2. The van der Waals surface area contributed by atoms with Crippen molar-refractivity contribution in [2.24, 2.45) is 0 Å². The number of nitrogens with one attached hydrogen (secondary N) is 1. The van der Waals surface area contributed by atoms with Crippen LogP contribution in [0.2, 0.25) is 0 Å². The molecule has 1 aromatic rings. The largest absolute Gasteiger partial charge is 0.395 e. The topological polar surface area (TPSA) is 95.0 Å². The molecule has 0 saturated heterocycles. The number of aromatic nitrogens is 1. The molecule has 6 nitrogen and oxygen atoms in total. The molecule has 0 aliphatic heterocycles. The van der Waals surface area contributed by atoms with Crippen LogP contribution in [-0.4, -0.2) is 35.4 Å². The van der Waals surface area contributed by atoms with Crippen LogP contribution in [0.25, 0.3) is 0 Å². The molecule has 1 rings (SSSR count). The summed E-state index contributed by atoms with van der Waals surface area (Å²) in [5, 5.41) is 11.7. The molecule has 6 heteroatoms. The summed E-state index contributed by atoms with van der Waals surface area (Å²) < 4.78 is 0. The lowest BCUT2D eigenvalue weighted by atomic mass is 10.2. The first-order valence-electron chi connectivity index (χ1n) is 5.80. The summed E-state index contributed by atoms with van der Waals surface area (Å²) >= 11 is 0. The Morgan fingerprint density at radius 3 is 2.78 bits per heavy atom. The van der Waals surface area contributed by atoms with Gasteiger partial charge in [-0.3, -0.25) is 4.79 Å². The highest BCUT2D eigenvalue weighted by atomic mass is 16.2. The van der Waals surface area contributed by atoms with Crippen LogP contribution in [-0.2, 0) is 4.79 Å². The van der Waals surface area contributed by atoms with Crippen LogP contribution in [0.15, 0.2) is 12.3 Å². The van der Waals surface area contributed by atoms with Gasteiger partial charge in [-0.2, -0.15) is 5.26 Å². The minimum atomic E-state index is -0.0245. The fourth-order valence-corrected chi connectivity index (χ4v) is 1.56. The van der Waals surface area contributed by atoms with E-state index in [2.05, 4.69) is 10.3 Å². The monoisotopic (exact) mass is 247 g/mol. The number of pyridine rings is 1. The third-order valence-corrected chi connectivity index (χ3v) is 2.63. The van der Waals surface area contributed by atoms with Crippen molar-refractivity contribution in [3.8, 4) is 6.07 Å². The summed E-state index contributed by atoms with van der Waals surface area (Å²) in [6.45, 7) is 5.29. The van der Waals surface area contributed by atoms with E-state index < -0.39 is 0 Å². The van der Waals surface area contributed by atoms with E-state index in [-0.39, 0.29) is 18.1 Å². The average Bonchev–Trinajstić information content (AvgIpc) is 2.39. The fourth-order valence-electron chi connectivity index (χ4n) is 1.56. The number of hydrogen-bond acceptors (Lipinski definition) is 5. The average molecular weight is 247 g/mol. The van der Waals surface area contributed by atoms with Gasteiger partial charge in [-0.1, -0.05) is 0 Å². The molecule has 3 N–H and O–H groups in total. The number of carbonyl (C=O) groups excluding carboxylic acids is 1. The third kappa shape index (κ3) is 3.10. The second-order valence-electron chi connectivity index (χ2n) is 3.65. The summed E-state index contributed by atoms with van der Waals surface area (Å²) in [6, 6.07) is 3.50. The van der Waals surface area contributed by atoms with Gasteiger partial charge in [0.05, 0.1) is 17.8 Å². The molecular formula is C12H17N5O. The Bertz CT molecular complexity index is 462. The Hall–Kier alpha value is -2.29. The predicted molar refractivity (Wildman–Crippen MR) is 69.8 cm³/mol. The molecule has 0 aromatic carbocycles. The molecule has 0 spiro atoms. The number of nitrogen functional groups attached to an aromatic ring is 1. The highest BCUT2D eigenvalue weighted by molar-refractivity contribution is 5.82. The van der Waals surface area contributed by atoms with Crippen LogP contribution in [0, 0.1) is 11.3 Å². The van der Waals surface area contributed by atoms with E-state index in [9.17, 15) is 4.79 Å². The first kappa shape index (κ1) is 13.8. The fraction of sp³-hybridized carbons (Fsp3) is 0.417. The lowest BCUT2D eigenvalue weighted by Gasteiger charge is -2.19. The maximum Gasteiger partial charge on any atom is 0.241 e. The van der Waals surface area contributed by atoms with Crippen LogP contribution in [0.5, 0.6) is 0 Å². The Labute approximate surface area is 106 Å². The minimum absolute atomic E-state index is 0.0245. The van der Waals surface area contributed by atoms with Gasteiger partial charge in [-0.15, -0.1) is 0 Å². The molecule has 0 fully saturated rings. The molecule has 0 radical (unpaired) electrons. The van der Waals surface area contributed by atoms with Gasteiger partial charge in [-0.05, 0) is 19.9 Å². The Balaban J connectivity index is 2.70. The number of amides is 1. The molecule has 0 atom stereocenters. The molecule has 96 valence electrons. The predicted octanol–water partition coefficient (Wildman–Crippen LogP) is 0.816. The van der Waals surface area contributed by atoms with Gasteiger partial charge < -0.3 is 16.0 Å². The zero-order valence-corrected chi connectivity index (χ0v) is 10.6. The molecule has 0 bridgehead atoms. The van der Waals surface area contributed by atoms with Crippen LogP contribution in [0.1, 0.15) is 19.4 Å². The molecule has 1 amide bonds. The van der Waals surface area contributed by atoms with Gasteiger partial charge in [0.15, 0.2) is 5.82 Å². The van der Waals surface area contributed by atoms with Gasteiger partial charge >= 0.3 is 0 Å². The van der Waals surface area contributed by atoms with Crippen molar-refractivity contribution in [1.82, 2.24) is 9.88 Å². The molecule has 0 saturated carbocycles. The molecule has 18 heavy (non-hydrogen) atoms. The van der Waals surface area contributed by atoms with Crippen molar-refractivity contribution in [3.05, 3.63) is 17.8 Å². The zero-order chi connectivity index (χ0) is 13.5. The number of likely N-dealkylation sites (N-methyl/N-ethyl adjacent to an activating group) is 1. The number of carbonyl (C=O) groups is 1. The number of nitrogens with two attached hydrogens (primary N) is 1. The van der Waals surface area contributed by atoms with Crippen LogP contribution in [0.4, 0.5) is 11.5 Å². The van der Waals surface area contributed by atoms with Gasteiger partial charge in [-0.25, -0.2) is 4.98 Å². The lowest BCUT2D eigenvalue weighted by Crippen LogP contribution is -2.35. The second-order valence-corrected chi connectivity index (χ2v) is 3.65. The molecule has 0 aliphatic rings. The highest BCUT2D eigenvalue weighted by Gasteiger charge is 2.11. The van der Waals surface area contributed by atoms with E-state index in [4.69, 9.17) is 11.0 Å². The third-order valence-electron chi connectivity index (χ3n) is 2.63. The van der Waals surface area contributed by atoms with Gasteiger partial charge in [0, 0.05) is 19.3 Å². The van der Waals surface area contributed by atoms with Crippen molar-refractivity contribution in [2.45, 2.75) is 13.8 Å². The summed E-state index contributed by atoms with van der Waals surface area (Å²) in [5.41, 5.74) is 6.37. The second kappa shape index (κ2) is 6.45. The highest BCUT2D eigenvalue weighted by Crippen LogP contribution is 2.18. The van der Waals surface area contributed by atoms with E-state index >= 15 is 0 Å². The normalized spacial score (nSPS) is 9.61. The maximum atomic E-state index is 11.8. The van der Waals surface area contributed by atoms with E-state index in [0.717, 1.165) is 0 Å². The molecule has 1 heterocycles. The Morgan fingerprint density at radius 2 is 2.22 bits per heavy atom. The number of rotatable bonds is 5. The van der Waals surface area contributed by atoms with E-state index in [1.54, 1.807) is 4.90 Å². The zero-order valence-electron chi connectivity index (χ0n) is 10.6. The smallest absolute Gasteiger partial charge is 0.241 e. The van der Waals surface area contributed by atoms with Gasteiger partial charge in [0.25, 0.3) is 0 Å².